The number of hydrogen-bond acceptors (Lipinski definition) is 4. The summed E-state index contributed by atoms with van der Waals surface area (Å²) in [4.78, 5) is 8.40. The van der Waals surface area contributed by atoms with Crippen LogP contribution in [0.15, 0.2) is 18.5 Å². The first-order chi connectivity index (χ1) is 7.38. The number of thioether (sulfide) groups is 1. The normalized spacial score (nSPS) is 25.7. The van der Waals surface area contributed by atoms with Crippen molar-refractivity contribution in [1.82, 2.24) is 15.3 Å². The zero-order chi connectivity index (χ0) is 10.5. The van der Waals surface area contributed by atoms with Crippen LogP contribution in [0.2, 0.25) is 0 Å². The zero-order valence-corrected chi connectivity index (χ0v) is 9.83. The highest BCUT2D eigenvalue weighted by molar-refractivity contribution is 7.99. The first-order valence-electron chi connectivity index (χ1n) is 5.40. The van der Waals surface area contributed by atoms with Crippen molar-refractivity contribution in [2.24, 2.45) is 0 Å². The first kappa shape index (κ1) is 10.9. The van der Waals surface area contributed by atoms with Gasteiger partial charge in [-0.3, -0.25) is 0 Å². The van der Waals surface area contributed by atoms with Crippen molar-refractivity contribution in [3.63, 3.8) is 0 Å². The number of nitrogens with one attached hydrogen (secondary N) is 1. The van der Waals surface area contributed by atoms with Crippen molar-refractivity contribution in [2.45, 2.75) is 37.1 Å². The Morgan fingerprint density at radius 1 is 1.40 bits per heavy atom. The van der Waals surface area contributed by atoms with Crippen LogP contribution in [0.3, 0.4) is 0 Å². The quantitative estimate of drug-likeness (QED) is 0.845. The SMILES string of the molecule is CSC1CCC(NCc2ncccn2)C1. The van der Waals surface area contributed by atoms with Gasteiger partial charge in [-0.05, 0) is 31.6 Å². The Hall–Kier alpha value is -0.610. The van der Waals surface area contributed by atoms with E-state index in [1.165, 1.54) is 19.3 Å². The van der Waals surface area contributed by atoms with Crippen molar-refractivity contribution in [3.05, 3.63) is 24.3 Å². The third-order valence-electron chi connectivity index (χ3n) is 2.89. The van der Waals surface area contributed by atoms with Gasteiger partial charge in [-0.15, -0.1) is 0 Å². The lowest BCUT2D eigenvalue weighted by atomic mass is 10.2. The molecule has 1 aromatic heterocycles. The van der Waals surface area contributed by atoms with Crippen LogP contribution in [0.4, 0.5) is 0 Å². The summed E-state index contributed by atoms with van der Waals surface area (Å²) in [5.74, 6) is 0.894. The van der Waals surface area contributed by atoms with Crippen molar-refractivity contribution < 1.29 is 0 Å². The molecule has 1 N–H and O–H groups in total. The second-order valence-electron chi connectivity index (χ2n) is 3.91. The highest BCUT2D eigenvalue weighted by Crippen LogP contribution is 2.28. The van der Waals surface area contributed by atoms with Crippen LogP contribution in [0.5, 0.6) is 0 Å². The fraction of sp³-hybridized carbons (Fsp3) is 0.636. The Morgan fingerprint density at radius 3 is 2.87 bits per heavy atom. The molecule has 1 fully saturated rings. The molecular formula is C11H17N3S. The molecule has 2 rings (SSSR count). The maximum atomic E-state index is 4.20. The molecule has 0 amide bonds. The Kier molecular flexibility index (Phi) is 3.97. The van der Waals surface area contributed by atoms with E-state index in [1.54, 1.807) is 12.4 Å². The fourth-order valence-electron chi connectivity index (χ4n) is 2.00. The lowest BCUT2D eigenvalue weighted by Gasteiger charge is -2.11. The van der Waals surface area contributed by atoms with Gasteiger partial charge in [-0.1, -0.05) is 0 Å². The van der Waals surface area contributed by atoms with Crippen molar-refractivity contribution in [1.29, 1.82) is 0 Å². The molecule has 0 aromatic carbocycles. The smallest absolute Gasteiger partial charge is 0.141 e. The molecule has 15 heavy (non-hydrogen) atoms. The second kappa shape index (κ2) is 5.47. The van der Waals surface area contributed by atoms with E-state index in [9.17, 15) is 0 Å². The summed E-state index contributed by atoms with van der Waals surface area (Å²) in [7, 11) is 0. The molecule has 4 heteroatoms. The van der Waals surface area contributed by atoms with Crippen LogP contribution >= 0.6 is 11.8 Å². The van der Waals surface area contributed by atoms with E-state index in [4.69, 9.17) is 0 Å². The molecule has 1 saturated carbocycles. The van der Waals surface area contributed by atoms with E-state index in [0.29, 0.717) is 6.04 Å². The summed E-state index contributed by atoms with van der Waals surface area (Å²) in [5, 5.41) is 4.37. The van der Waals surface area contributed by atoms with Gasteiger partial charge in [0.25, 0.3) is 0 Å². The number of nitrogens with zero attached hydrogens (tertiary/aromatic N) is 2. The summed E-state index contributed by atoms with van der Waals surface area (Å²) in [6.07, 6.45) is 9.71. The van der Waals surface area contributed by atoms with Crippen molar-refractivity contribution >= 4 is 11.8 Å². The van der Waals surface area contributed by atoms with E-state index >= 15 is 0 Å². The minimum absolute atomic E-state index is 0.659. The molecule has 0 spiro atoms. The Morgan fingerprint density at radius 2 is 2.20 bits per heavy atom. The van der Waals surface area contributed by atoms with Gasteiger partial charge in [0.2, 0.25) is 0 Å². The first-order valence-corrected chi connectivity index (χ1v) is 6.69. The molecule has 3 nitrogen and oxygen atoms in total. The summed E-state index contributed by atoms with van der Waals surface area (Å²) in [6.45, 7) is 0.798. The van der Waals surface area contributed by atoms with Crippen LogP contribution in [0, 0.1) is 0 Å². The zero-order valence-electron chi connectivity index (χ0n) is 9.02. The van der Waals surface area contributed by atoms with Gasteiger partial charge >= 0.3 is 0 Å². The Balaban J connectivity index is 1.75. The molecule has 0 bridgehead atoms. The maximum Gasteiger partial charge on any atom is 0.141 e. The molecular weight excluding hydrogens is 206 g/mol. The van der Waals surface area contributed by atoms with Crippen LogP contribution in [-0.4, -0.2) is 27.5 Å². The molecule has 2 unspecified atom stereocenters. The minimum Gasteiger partial charge on any atom is -0.307 e. The number of rotatable bonds is 4. The van der Waals surface area contributed by atoms with Crippen molar-refractivity contribution in [3.8, 4) is 0 Å². The Bertz CT molecular complexity index is 291. The molecule has 0 radical (unpaired) electrons. The molecule has 82 valence electrons. The maximum absolute atomic E-state index is 4.20. The van der Waals surface area contributed by atoms with Gasteiger partial charge in [0.1, 0.15) is 5.82 Å². The van der Waals surface area contributed by atoms with Crippen LogP contribution in [0.25, 0.3) is 0 Å². The summed E-state index contributed by atoms with van der Waals surface area (Å²) in [5.41, 5.74) is 0. The third kappa shape index (κ3) is 3.18. The average Bonchev–Trinajstić information content (AvgIpc) is 2.76. The van der Waals surface area contributed by atoms with Crippen molar-refractivity contribution in [2.75, 3.05) is 6.26 Å². The Labute approximate surface area is 95.1 Å². The number of aromatic nitrogens is 2. The van der Waals surface area contributed by atoms with Gasteiger partial charge in [0.05, 0.1) is 6.54 Å². The summed E-state index contributed by atoms with van der Waals surface area (Å²) < 4.78 is 0. The lowest BCUT2D eigenvalue weighted by Crippen LogP contribution is -2.26. The average molecular weight is 223 g/mol. The topological polar surface area (TPSA) is 37.8 Å². The fourth-order valence-corrected chi connectivity index (χ4v) is 2.79. The van der Waals surface area contributed by atoms with E-state index < -0.39 is 0 Å². The van der Waals surface area contributed by atoms with Gasteiger partial charge in [0.15, 0.2) is 0 Å². The molecule has 1 aliphatic rings. The second-order valence-corrected chi connectivity index (χ2v) is 5.05. The summed E-state index contributed by atoms with van der Waals surface area (Å²) in [6, 6.07) is 2.51. The predicted octanol–water partition coefficient (Wildman–Crippen LogP) is 1.85. The highest BCUT2D eigenvalue weighted by atomic mass is 32.2. The molecule has 1 aromatic rings. The van der Waals surface area contributed by atoms with Gasteiger partial charge in [0, 0.05) is 23.7 Å². The van der Waals surface area contributed by atoms with Crippen LogP contribution in [-0.2, 0) is 6.54 Å². The van der Waals surface area contributed by atoms with Crippen LogP contribution in [0.1, 0.15) is 25.1 Å². The monoisotopic (exact) mass is 223 g/mol. The highest BCUT2D eigenvalue weighted by Gasteiger charge is 2.23. The molecule has 1 aliphatic carbocycles. The summed E-state index contributed by atoms with van der Waals surface area (Å²) >= 11 is 1.99. The number of hydrogen-bond donors (Lipinski definition) is 1. The van der Waals surface area contributed by atoms with Gasteiger partial charge < -0.3 is 5.32 Å². The minimum atomic E-state index is 0.659. The largest absolute Gasteiger partial charge is 0.307 e. The van der Waals surface area contributed by atoms with Crippen LogP contribution < -0.4 is 5.32 Å². The van der Waals surface area contributed by atoms with Gasteiger partial charge in [-0.2, -0.15) is 11.8 Å². The van der Waals surface area contributed by atoms with E-state index in [2.05, 4.69) is 21.5 Å². The molecule has 0 saturated heterocycles. The van der Waals surface area contributed by atoms with E-state index in [1.807, 2.05) is 17.8 Å². The predicted molar refractivity (Wildman–Crippen MR) is 63.8 cm³/mol. The molecule has 1 heterocycles. The molecule has 2 atom stereocenters. The standard InChI is InChI=1S/C11H17N3S/c1-15-10-4-3-9(7-10)14-8-11-12-5-2-6-13-11/h2,5-6,9-10,14H,3-4,7-8H2,1H3. The molecule has 0 aliphatic heterocycles. The third-order valence-corrected chi connectivity index (χ3v) is 3.98. The van der Waals surface area contributed by atoms with Gasteiger partial charge in [-0.25, -0.2) is 9.97 Å². The van der Waals surface area contributed by atoms with E-state index in [-0.39, 0.29) is 0 Å². The van der Waals surface area contributed by atoms with E-state index in [0.717, 1.165) is 17.6 Å². The lowest BCUT2D eigenvalue weighted by molar-refractivity contribution is 0.514.